The van der Waals surface area contributed by atoms with Crippen molar-refractivity contribution in [2.45, 2.75) is 39.0 Å². The zero-order chi connectivity index (χ0) is 12.1. The van der Waals surface area contributed by atoms with Crippen LogP contribution < -0.4 is 0 Å². The summed E-state index contributed by atoms with van der Waals surface area (Å²) in [6.07, 6.45) is 6.45. The maximum Gasteiger partial charge on any atom is 0.306 e. The molecular formula is C16H22O2. The quantitative estimate of drug-likeness (QED) is 0.485. The second-order valence-electron chi connectivity index (χ2n) is 8.03. The van der Waals surface area contributed by atoms with Gasteiger partial charge >= 0.3 is 5.97 Å². The Labute approximate surface area is 108 Å². The molecule has 98 valence electrons. The van der Waals surface area contributed by atoms with Crippen LogP contribution in [0.2, 0.25) is 0 Å². The second kappa shape index (κ2) is 2.96. The monoisotopic (exact) mass is 246 g/mol. The van der Waals surface area contributed by atoms with E-state index in [0.29, 0.717) is 0 Å². The maximum absolute atomic E-state index is 11.6. The molecule has 1 spiro atoms. The molecule has 4 saturated carbocycles. The van der Waals surface area contributed by atoms with Gasteiger partial charge in [-0.25, -0.2) is 0 Å². The van der Waals surface area contributed by atoms with Crippen LogP contribution in [0.3, 0.4) is 0 Å². The van der Waals surface area contributed by atoms with Crippen LogP contribution >= 0.6 is 0 Å². The van der Waals surface area contributed by atoms with Gasteiger partial charge < -0.3 is 4.74 Å². The maximum atomic E-state index is 11.6. The number of cyclic esters (lactones) is 1. The smallest absolute Gasteiger partial charge is 0.306 e. The number of rotatable bonds is 0. The molecule has 0 aromatic carbocycles. The molecule has 1 saturated heterocycles. The summed E-state index contributed by atoms with van der Waals surface area (Å²) in [7, 11) is 0. The highest BCUT2D eigenvalue weighted by molar-refractivity contribution is 5.72. The number of fused-ring (bicyclic) bond motifs is 10. The first kappa shape index (κ1) is 10.3. The average Bonchev–Trinajstić information content (AvgIpc) is 3.04. The van der Waals surface area contributed by atoms with Crippen LogP contribution in [-0.4, -0.2) is 12.6 Å². The molecule has 1 heterocycles. The Hall–Kier alpha value is -0.530. The largest absolute Gasteiger partial charge is 0.465 e. The van der Waals surface area contributed by atoms with Gasteiger partial charge in [0.2, 0.25) is 0 Å². The van der Waals surface area contributed by atoms with Crippen LogP contribution in [0.4, 0.5) is 0 Å². The molecule has 2 nitrogen and oxygen atoms in total. The topological polar surface area (TPSA) is 26.3 Å². The Morgan fingerprint density at radius 2 is 2.06 bits per heavy atom. The molecule has 4 bridgehead atoms. The summed E-state index contributed by atoms with van der Waals surface area (Å²) < 4.78 is 5.35. The molecule has 7 unspecified atom stereocenters. The lowest BCUT2D eigenvalue weighted by Gasteiger charge is -2.44. The van der Waals surface area contributed by atoms with Crippen LogP contribution in [0, 0.1) is 46.8 Å². The standard InChI is InChI=1S/C16H22O2/c1-8-2-9-3-11(8)14-10-4-12(15(9)14)16(5-10)6-13(17)18-7-16/h8-12,14-15H,2-7H2,1H3/t8?,9-,10?,11?,12?,14?,15?,16?/m1/s1. The first-order valence-corrected chi connectivity index (χ1v) is 7.83. The molecule has 0 N–H and O–H groups in total. The van der Waals surface area contributed by atoms with Gasteiger partial charge in [0.15, 0.2) is 0 Å². The van der Waals surface area contributed by atoms with E-state index in [1.165, 1.54) is 25.7 Å². The Balaban J connectivity index is 1.52. The van der Waals surface area contributed by atoms with Crippen molar-refractivity contribution in [2.24, 2.45) is 46.8 Å². The third-order valence-electron chi connectivity index (χ3n) is 7.50. The minimum Gasteiger partial charge on any atom is -0.465 e. The van der Waals surface area contributed by atoms with Crippen LogP contribution in [0.1, 0.15) is 39.0 Å². The predicted octanol–water partition coefficient (Wildman–Crippen LogP) is 2.87. The molecule has 5 aliphatic rings. The number of hydrogen-bond acceptors (Lipinski definition) is 2. The highest BCUT2D eigenvalue weighted by Gasteiger charge is 2.69. The van der Waals surface area contributed by atoms with Crippen molar-refractivity contribution in [3.05, 3.63) is 0 Å². The lowest BCUT2D eigenvalue weighted by Crippen LogP contribution is -2.41. The first-order chi connectivity index (χ1) is 8.68. The summed E-state index contributed by atoms with van der Waals surface area (Å²) in [6, 6.07) is 0. The minimum absolute atomic E-state index is 0.0793. The Morgan fingerprint density at radius 1 is 1.17 bits per heavy atom. The molecule has 0 aromatic heterocycles. The molecular weight excluding hydrogens is 224 g/mol. The van der Waals surface area contributed by atoms with E-state index in [4.69, 9.17) is 4.74 Å². The predicted molar refractivity (Wildman–Crippen MR) is 66.6 cm³/mol. The van der Waals surface area contributed by atoms with Gasteiger partial charge in [0, 0.05) is 5.41 Å². The summed E-state index contributed by atoms with van der Waals surface area (Å²) in [6.45, 7) is 3.23. The van der Waals surface area contributed by atoms with Crippen LogP contribution in [-0.2, 0) is 9.53 Å². The van der Waals surface area contributed by atoms with Crippen molar-refractivity contribution >= 4 is 5.97 Å². The molecule has 0 radical (unpaired) electrons. The van der Waals surface area contributed by atoms with E-state index in [9.17, 15) is 4.79 Å². The van der Waals surface area contributed by atoms with Gasteiger partial charge in [0.25, 0.3) is 0 Å². The molecule has 0 amide bonds. The number of esters is 1. The normalized spacial score (nSPS) is 63.8. The summed E-state index contributed by atoms with van der Waals surface area (Å²) >= 11 is 0. The van der Waals surface area contributed by atoms with Gasteiger partial charge in [-0.1, -0.05) is 6.92 Å². The summed E-state index contributed by atoms with van der Waals surface area (Å²) in [4.78, 5) is 11.6. The zero-order valence-electron chi connectivity index (χ0n) is 11.1. The van der Waals surface area contributed by atoms with Crippen molar-refractivity contribution < 1.29 is 9.53 Å². The number of carbonyl (C=O) groups is 1. The molecule has 5 fully saturated rings. The number of hydrogen-bond donors (Lipinski definition) is 0. The summed E-state index contributed by atoms with van der Waals surface area (Å²) in [5, 5.41) is 0. The molecule has 5 rings (SSSR count). The summed E-state index contributed by atoms with van der Waals surface area (Å²) in [5.74, 6) is 6.87. The van der Waals surface area contributed by atoms with Crippen molar-refractivity contribution in [3.63, 3.8) is 0 Å². The fourth-order valence-electron chi connectivity index (χ4n) is 7.22. The van der Waals surface area contributed by atoms with Crippen molar-refractivity contribution in [3.8, 4) is 0 Å². The lowest BCUT2D eigenvalue weighted by molar-refractivity contribution is -0.137. The Bertz CT molecular complexity index is 431. The van der Waals surface area contributed by atoms with E-state index >= 15 is 0 Å². The SMILES string of the molecule is CC1C[C@@H]2CC1C1C3CC(C12)C1(COC(=O)C1)C3. The van der Waals surface area contributed by atoms with Crippen molar-refractivity contribution in [1.29, 1.82) is 0 Å². The van der Waals surface area contributed by atoms with Crippen molar-refractivity contribution in [1.82, 2.24) is 0 Å². The van der Waals surface area contributed by atoms with Gasteiger partial charge in [0.1, 0.15) is 0 Å². The van der Waals surface area contributed by atoms with Gasteiger partial charge in [-0.05, 0) is 67.1 Å². The van der Waals surface area contributed by atoms with Crippen LogP contribution in [0.15, 0.2) is 0 Å². The van der Waals surface area contributed by atoms with Gasteiger partial charge in [0.05, 0.1) is 13.0 Å². The van der Waals surface area contributed by atoms with E-state index in [0.717, 1.165) is 54.5 Å². The van der Waals surface area contributed by atoms with E-state index in [-0.39, 0.29) is 11.4 Å². The van der Waals surface area contributed by atoms with E-state index in [1.807, 2.05) is 0 Å². The van der Waals surface area contributed by atoms with E-state index in [2.05, 4.69) is 6.92 Å². The average molecular weight is 246 g/mol. The molecule has 0 aromatic rings. The van der Waals surface area contributed by atoms with Gasteiger partial charge in [-0.2, -0.15) is 0 Å². The van der Waals surface area contributed by atoms with E-state index in [1.54, 1.807) is 0 Å². The highest BCUT2D eigenvalue weighted by atomic mass is 16.5. The van der Waals surface area contributed by atoms with E-state index < -0.39 is 0 Å². The highest BCUT2D eigenvalue weighted by Crippen LogP contribution is 2.74. The molecule has 18 heavy (non-hydrogen) atoms. The lowest BCUT2D eigenvalue weighted by atomic mass is 9.59. The third-order valence-corrected chi connectivity index (χ3v) is 7.50. The molecule has 4 aliphatic carbocycles. The van der Waals surface area contributed by atoms with Gasteiger partial charge in [-0.3, -0.25) is 4.79 Å². The number of carbonyl (C=O) groups excluding carboxylic acids is 1. The number of ether oxygens (including phenoxy) is 1. The fourth-order valence-corrected chi connectivity index (χ4v) is 7.22. The van der Waals surface area contributed by atoms with Crippen molar-refractivity contribution in [2.75, 3.05) is 6.61 Å². The second-order valence-corrected chi connectivity index (χ2v) is 8.03. The molecule has 2 heteroatoms. The van der Waals surface area contributed by atoms with Gasteiger partial charge in [-0.15, -0.1) is 0 Å². The summed E-state index contributed by atoms with van der Waals surface area (Å²) in [5.41, 5.74) is 0.288. The molecule has 1 aliphatic heterocycles. The fraction of sp³-hybridized carbons (Fsp3) is 0.938. The third kappa shape index (κ3) is 0.981. The van der Waals surface area contributed by atoms with Crippen LogP contribution in [0.25, 0.3) is 0 Å². The first-order valence-electron chi connectivity index (χ1n) is 7.83. The Kier molecular flexibility index (Phi) is 1.69. The minimum atomic E-state index is 0.0793. The Morgan fingerprint density at radius 3 is 2.83 bits per heavy atom. The van der Waals surface area contributed by atoms with Crippen LogP contribution in [0.5, 0.6) is 0 Å². The molecule has 8 atom stereocenters. The zero-order valence-corrected chi connectivity index (χ0v) is 11.1.